The van der Waals surface area contributed by atoms with E-state index in [1.165, 1.54) is 20.0 Å². The van der Waals surface area contributed by atoms with Crippen LogP contribution in [0.1, 0.15) is 133 Å². The molecule has 10 heteroatoms. The van der Waals surface area contributed by atoms with E-state index in [0.717, 1.165) is 82.8 Å². The van der Waals surface area contributed by atoms with Gasteiger partial charge in [0.2, 0.25) is 0 Å². The largest absolute Gasteiger partial charge is 0.478 e. The summed E-state index contributed by atoms with van der Waals surface area (Å²) in [4.78, 5) is 53.9. The zero-order chi connectivity index (χ0) is 46.1. The molecule has 4 aliphatic rings. The van der Waals surface area contributed by atoms with Gasteiger partial charge in [-0.05, 0) is 144 Å². The van der Waals surface area contributed by atoms with Crippen molar-refractivity contribution in [3.63, 3.8) is 0 Å². The molecule has 2 saturated heterocycles. The Hall–Kier alpha value is -6.16. The van der Waals surface area contributed by atoms with Crippen molar-refractivity contribution in [1.82, 2.24) is 18.9 Å². The summed E-state index contributed by atoms with van der Waals surface area (Å²) in [5, 5.41) is 11.2. The van der Waals surface area contributed by atoms with Crippen molar-refractivity contribution in [1.29, 1.82) is 0 Å². The van der Waals surface area contributed by atoms with Gasteiger partial charge in [0.15, 0.2) is 0 Å². The molecule has 4 atom stereocenters. The molecule has 2 saturated carbocycles. The number of carboxylic acids is 1. The van der Waals surface area contributed by atoms with Crippen LogP contribution in [0.3, 0.4) is 0 Å². The third-order valence-corrected chi connectivity index (χ3v) is 14.7. The van der Waals surface area contributed by atoms with Gasteiger partial charge >= 0.3 is 11.9 Å². The first-order valence-corrected chi connectivity index (χ1v) is 23.1. The standard InChI is InChI=1S/C28H32N2O3.C27H30N2O3/c1-27(2)14-23-15-28(3,17-27)18-30(23)25(31)22-9-10-24-21(13-22)11-12-29(24)16-19-5-7-20(8-6-19)26(32)33-4;1-26(2)13-22-14-27(3,16-26)17-29(22)24(30)21-8-9-23-20(12-21)10-11-28(23)15-18-4-6-19(7-5-18)25(31)32/h5-13,23H,14-18H2,1-4H3;4-12,22H,13-17H2,1-3H3,(H,31,32). The normalized spacial score (nSPS) is 23.9. The maximum absolute atomic E-state index is 13.5. The molecular formula is C55H62N4O6. The minimum atomic E-state index is -0.917. The highest BCUT2D eigenvalue weighted by Crippen LogP contribution is 2.54. The molecule has 4 unspecified atom stereocenters. The number of aromatic nitrogens is 2. The zero-order valence-corrected chi connectivity index (χ0v) is 38.9. The first-order valence-electron chi connectivity index (χ1n) is 23.1. The van der Waals surface area contributed by atoms with Crippen molar-refractivity contribution in [3.8, 4) is 0 Å². The molecule has 4 heterocycles. The molecule has 4 aromatic carbocycles. The van der Waals surface area contributed by atoms with Gasteiger partial charge in [-0.25, -0.2) is 9.59 Å². The van der Waals surface area contributed by atoms with Crippen LogP contribution in [-0.4, -0.2) is 80.1 Å². The van der Waals surface area contributed by atoms with E-state index in [2.05, 4.69) is 78.8 Å². The number of carbonyl (C=O) groups excluding carboxylic acids is 3. The van der Waals surface area contributed by atoms with Gasteiger partial charge in [0.05, 0.1) is 18.2 Å². The average Bonchev–Trinajstić information content (AvgIpc) is 3.99. The van der Waals surface area contributed by atoms with Crippen LogP contribution >= 0.6 is 0 Å². The smallest absolute Gasteiger partial charge is 0.337 e. The van der Waals surface area contributed by atoms with Gasteiger partial charge in [0.25, 0.3) is 11.8 Å². The molecule has 4 bridgehead atoms. The number of hydrogen-bond donors (Lipinski definition) is 1. The first kappa shape index (κ1) is 44.1. The number of aromatic carboxylic acids is 1. The SMILES string of the molecule is CC1(C)CC2CC(C)(CN2C(=O)c2ccc3c(ccn3Cc3ccc(C(=O)O)cc3)c2)C1.COC(=O)c1ccc(Cn2ccc3cc(C(=O)N4CC5(C)CC4CC(C)(C)C5)ccc32)cc1. The predicted molar refractivity (Wildman–Crippen MR) is 254 cm³/mol. The quantitative estimate of drug-likeness (QED) is 0.152. The van der Waals surface area contributed by atoms with Crippen molar-refractivity contribution in [2.24, 2.45) is 21.7 Å². The number of methoxy groups -OCH3 is 1. The number of ether oxygens (including phenoxy) is 1. The fourth-order valence-corrected chi connectivity index (χ4v) is 12.7. The van der Waals surface area contributed by atoms with Crippen LogP contribution in [-0.2, 0) is 17.8 Å². The van der Waals surface area contributed by atoms with Crippen molar-refractivity contribution < 1.29 is 29.0 Å². The minimum absolute atomic E-state index is 0.148. The fraction of sp³-hybridized carbons (Fsp3) is 0.418. The minimum Gasteiger partial charge on any atom is -0.478 e. The van der Waals surface area contributed by atoms with Gasteiger partial charge in [-0.1, -0.05) is 65.8 Å². The van der Waals surface area contributed by atoms with Crippen LogP contribution in [0.4, 0.5) is 0 Å². The highest BCUT2D eigenvalue weighted by Gasteiger charge is 2.52. The maximum atomic E-state index is 13.5. The molecule has 1 N–H and O–H groups in total. The zero-order valence-electron chi connectivity index (χ0n) is 38.9. The molecule has 10 nitrogen and oxygen atoms in total. The van der Waals surface area contributed by atoms with E-state index in [0.29, 0.717) is 36.2 Å². The molecule has 2 aromatic heterocycles. The number of benzene rings is 4. The average molecular weight is 875 g/mol. The summed E-state index contributed by atoms with van der Waals surface area (Å²) >= 11 is 0. The molecule has 4 fully saturated rings. The molecule has 10 rings (SSSR count). The van der Waals surface area contributed by atoms with Crippen molar-refractivity contribution in [2.75, 3.05) is 20.2 Å². The Morgan fingerprint density at radius 2 is 0.954 bits per heavy atom. The van der Waals surface area contributed by atoms with Crippen LogP contribution in [0.5, 0.6) is 0 Å². The lowest BCUT2D eigenvalue weighted by molar-refractivity contribution is 0.0598. The third kappa shape index (κ3) is 8.96. The van der Waals surface area contributed by atoms with Gasteiger partial charge in [-0.15, -0.1) is 0 Å². The summed E-state index contributed by atoms with van der Waals surface area (Å²) in [7, 11) is 1.39. The summed E-state index contributed by atoms with van der Waals surface area (Å²) in [6.45, 7) is 17.1. The summed E-state index contributed by atoms with van der Waals surface area (Å²) < 4.78 is 9.07. The Morgan fingerprint density at radius 3 is 1.35 bits per heavy atom. The molecule has 2 aliphatic carbocycles. The van der Waals surface area contributed by atoms with Gasteiger partial charge in [0, 0.05) is 83.6 Å². The number of carbonyl (C=O) groups is 4. The number of fused-ring (bicyclic) bond motifs is 6. The number of hydrogen-bond acceptors (Lipinski definition) is 5. The van der Waals surface area contributed by atoms with Crippen LogP contribution in [0.25, 0.3) is 21.8 Å². The molecule has 65 heavy (non-hydrogen) atoms. The fourth-order valence-electron chi connectivity index (χ4n) is 12.7. The second kappa shape index (κ2) is 16.4. The lowest BCUT2D eigenvalue weighted by Crippen LogP contribution is -2.37. The number of likely N-dealkylation sites (tertiary alicyclic amines) is 2. The van der Waals surface area contributed by atoms with E-state index in [1.54, 1.807) is 24.3 Å². The van der Waals surface area contributed by atoms with E-state index in [-0.39, 0.29) is 39.6 Å². The summed E-state index contributed by atoms with van der Waals surface area (Å²) in [5.74, 6) is -0.936. The molecule has 0 radical (unpaired) electrons. The van der Waals surface area contributed by atoms with E-state index in [4.69, 9.17) is 9.84 Å². The molecule has 2 amide bonds. The van der Waals surface area contributed by atoms with Gasteiger partial charge in [0.1, 0.15) is 0 Å². The van der Waals surface area contributed by atoms with Crippen molar-refractivity contribution in [2.45, 2.75) is 105 Å². The van der Waals surface area contributed by atoms with Gasteiger partial charge in [-0.3, -0.25) is 9.59 Å². The first-order chi connectivity index (χ1) is 30.8. The Labute approximate surface area is 382 Å². The maximum Gasteiger partial charge on any atom is 0.337 e. The molecule has 6 aromatic rings. The monoisotopic (exact) mass is 874 g/mol. The predicted octanol–water partition coefficient (Wildman–Crippen LogP) is 10.9. The topological polar surface area (TPSA) is 114 Å². The van der Waals surface area contributed by atoms with E-state index in [1.807, 2.05) is 66.9 Å². The van der Waals surface area contributed by atoms with Crippen LogP contribution in [0, 0.1) is 21.7 Å². The summed E-state index contributed by atoms with van der Waals surface area (Å²) in [6.07, 6.45) is 10.8. The van der Waals surface area contributed by atoms with Crippen LogP contribution in [0.2, 0.25) is 0 Å². The second-order valence-corrected chi connectivity index (χ2v) is 21.9. The lowest BCUT2D eigenvalue weighted by atomic mass is 9.65. The Morgan fingerprint density at radius 1 is 0.554 bits per heavy atom. The summed E-state index contributed by atoms with van der Waals surface area (Å²) in [5.41, 5.74) is 7.71. The molecular weight excluding hydrogens is 813 g/mol. The van der Waals surface area contributed by atoms with Crippen molar-refractivity contribution in [3.05, 3.63) is 143 Å². The molecule has 338 valence electrons. The van der Waals surface area contributed by atoms with Gasteiger partial charge < -0.3 is 28.8 Å². The second-order valence-electron chi connectivity index (χ2n) is 21.9. The number of carboxylic acid groups (broad SMARTS) is 1. The highest BCUT2D eigenvalue weighted by atomic mass is 16.5. The Bertz CT molecular complexity index is 2820. The van der Waals surface area contributed by atoms with Crippen molar-refractivity contribution >= 4 is 45.6 Å². The van der Waals surface area contributed by atoms with Gasteiger partial charge in [-0.2, -0.15) is 0 Å². The molecule has 2 aliphatic heterocycles. The Balaban J connectivity index is 0.000000164. The van der Waals surface area contributed by atoms with E-state index >= 15 is 0 Å². The molecule has 0 spiro atoms. The number of nitrogens with zero attached hydrogens (tertiary/aromatic N) is 4. The Kier molecular flexibility index (Phi) is 11.1. The van der Waals surface area contributed by atoms with Crippen LogP contribution < -0.4 is 0 Å². The summed E-state index contributed by atoms with van der Waals surface area (Å²) in [6, 6.07) is 31.3. The number of esters is 1. The van der Waals surface area contributed by atoms with E-state index in [9.17, 15) is 19.2 Å². The third-order valence-electron chi connectivity index (χ3n) is 14.7. The van der Waals surface area contributed by atoms with Crippen LogP contribution in [0.15, 0.2) is 109 Å². The lowest BCUT2D eigenvalue weighted by Gasteiger charge is -2.39. The highest BCUT2D eigenvalue weighted by molar-refractivity contribution is 5.99. The number of rotatable bonds is 8. The number of amides is 2. The van der Waals surface area contributed by atoms with E-state index < -0.39 is 5.97 Å².